The lowest BCUT2D eigenvalue weighted by molar-refractivity contribution is -0.121. The minimum absolute atomic E-state index is 0.133. The third-order valence-corrected chi connectivity index (χ3v) is 7.33. The van der Waals surface area contributed by atoms with E-state index in [1.165, 1.54) is 0 Å². The lowest BCUT2D eigenvalue weighted by Gasteiger charge is -2.33. The van der Waals surface area contributed by atoms with Gasteiger partial charge >= 0.3 is 0 Å². The van der Waals surface area contributed by atoms with Crippen molar-refractivity contribution in [2.75, 3.05) is 18.4 Å². The number of nitrogens with zero attached hydrogens (tertiary/aromatic N) is 2. The first kappa shape index (κ1) is 20.7. The molecule has 2 aromatic carbocycles. The van der Waals surface area contributed by atoms with Gasteiger partial charge in [-0.05, 0) is 56.0 Å². The summed E-state index contributed by atoms with van der Waals surface area (Å²) in [4.78, 5) is 27.4. The van der Waals surface area contributed by atoms with Gasteiger partial charge in [0.05, 0.1) is 5.92 Å². The average molecular weight is 453 g/mol. The summed E-state index contributed by atoms with van der Waals surface area (Å²) in [5.41, 5.74) is 1.67. The van der Waals surface area contributed by atoms with E-state index in [2.05, 4.69) is 15.0 Å². The van der Waals surface area contributed by atoms with Gasteiger partial charge in [-0.3, -0.25) is 9.59 Å². The fourth-order valence-electron chi connectivity index (χ4n) is 4.18. The highest BCUT2D eigenvalue weighted by atomic mass is 32.2. The normalized spacial score (nSPS) is 21.4. The number of sulfonamides is 1. The monoisotopic (exact) mass is 452 g/mol. The van der Waals surface area contributed by atoms with Crippen LogP contribution in [-0.4, -0.2) is 50.1 Å². The minimum Gasteiger partial charge on any atom is -0.355 e. The maximum atomic E-state index is 13.0. The SMILES string of the molecule is O=C(NC1CC1)c1cccc(NC(=O)C2CCCN(C3=NS(=O)(=O)c4ccccc43)C2)c1. The number of rotatable bonds is 4. The second-order valence-electron chi connectivity index (χ2n) is 8.49. The molecule has 0 spiro atoms. The third kappa shape index (κ3) is 4.12. The van der Waals surface area contributed by atoms with E-state index in [1.807, 2.05) is 4.90 Å². The van der Waals surface area contributed by atoms with Crippen LogP contribution in [0.3, 0.4) is 0 Å². The van der Waals surface area contributed by atoms with E-state index in [9.17, 15) is 18.0 Å². The van der Waals surface area contributed by atoms with Crippen LogP contribution >= 0.6 is 0 Å². The third-order valence-electron chi connectivity index (χ3n) is 6.01. The molecule has 166 valence electrons. The van der Waals surface area contributed by atoms with Crippen molar-refractivity contribution in [1.82, 2.24) is 10.2 Å². The molecule has 1 aliphatic carbocycles. The van der Waals surface area contributed by atoms with Crippen LogP contribution in [-0.2, 0) is 14.8 Å². The van der Waals surface area contributed by atoms with E-state index >= 15 is 0 Å². The molecular weight excluding hydrogens is 428 g/mol. The number of amides is 2. The average Bonchev–Trinajstić information content (AvgIpc) is 3.57. The highest BCUT2D eigenvalue weighted by Gasteiger charge is 2.35. The molecule has 5 rings (SSSR count). The molecule has 3 aliphatic rings. The Hall–Kier alpha value is -3.20. The quantitative estimate of drug-likeness (QED) is 0.741. The topological polar surface area (TPSA) is 108 Å². The highest BCUT2D eigenvalue weighted by molar-refractivity contribution is 7.90. The lowest BCUT2D eigenvalue weighted by Crippen LogP contribution is -2.43. The molecule has 2 aromatic rings. The molecule has 1 saturated carbocycles. The molecule has 9 heteroatoms. The number of nitrogens with one attached hydrogen (secondary N) is 2. The van der Waals surface area contributed by atoms with Crippen LogP contribution in [0.4, 0.5) is 5.69 Å². The maximum Gasteiger partial charge on any atom is 0.285 e. The molecule has 0 aromatic heterocycles. The van der Waals surface area contributed by atoms with Crippen molar-refractivity contribution in [3.05, 3.63) is 59.7 Å². The number of anilines is 1. The van der Waals surface area contributed by atoms with Gasteiger partial charge in [-0.2, -0.15) is 8.42 Å². The number of likely N-dealkylation sites (tertiary alicyclic amines) is 1. The molecule has 2 amide bonds. The van der Waals surface area contributed by atoms with Gasteiger partial charge in [0.25, 0.3) is 15.9 Å². The standard InChI is InChI=1S/C23H24N4O4S/c28-22(24-17-10-11-17)15-5-3-7-18(13-15)25-23(29)16-6-4-12-27(14-16)21-19-8-1-2-9-20(19)32(30,31)26-21/h1-3,5,7-9,13,16-17H,4,6,10-12,14H2,(H,24,28)(H,25,29). The Morgan fingerprint density at radius 3 is 2.66 bits per heavy atom. The number of hydrogen-bond donors (Lipinski definition) is 2. The molecule has 8 nitrogen and oxygen atoms in total. The van der Waals surface area contributed by atoms with Gasteiger partial charge in [0.2, 0.25) is 5.91 Å². The minimum atomic E-state index is -3.70. The molecule has 1 atom stereocenters. The fourth-order valence-corrected chi connectivity index (χ4v) is 5.41. The number of amidine groups is 1. The van der Waals surface area contributed by atoms with E-state index in [1.54, 1.807) is 48.5 Å². The Balaban J connectivity index is 1.28. The maximum absolute atomic E-state index is 13.0. The van der Waals surface area contributed by atoms with Gasteiger partial charge < -0.3 is 15.5 Å². The van der Waals surface area contributed by atoms with E-state index in [0.717, 1.165) is 19.3 Å². The van der Waals surface area contributed by atoms with Crippen LogP contribution in [0.15, 0.2) is 57.8 Å². The first-order chi connectivity index (χ1) is 15.4. The second kappa shape index (κ2) is 8.05. The van der Waals surface area contributed by atoms with E-state index < -0.39 is 10.0 Å². The van der Waals surface area contributed by atoms with Crippen LogP contribution in [0.25, 0.3) is 0 Å². The molecule has 0 bridgehead atoms. The van der Waals surface area contributed by atoms with Crippen LogP contribution in [0.2, 0.25) is 0 Å². The van der Waals surface area contributed by atoms with Gasteiger partial charge in [0.1, 0.15) is 4.90 Å². The van der Waals surface area contributed by atoms with Gasteiger partial charge in [0.15, 0.2) is 5.84 Å². The first-order valence-corrected chi connectivity index (χ1v) is 12.3. The van der Waals surface area contributed by atoms with Gasteiger partial charge in [-0.25, -0.2) is 0 Å². The van der Waals surface area contributed by atoms with Crippen LogP contribution in [0.1, 0.15) is 41.6 Å². The summed E-state index contributed by atoms with van der Waals surface area (Å²) in [6.45, 7) is 1.03. The smallest absolute Gasteiger partial charge is 0.285 e. The van der Waals surface area contributed by atoms with Gasteiger partial charge in [-0.1, -0.05) is 18.2 Å². The Bertz CT molecular complexity index is 1220. The van der Waals surface area contributed by atoms with Crippen molar-refractivity contribution in [3.63, 3.8) is 0 Å². The van der Waals surface area contributed by atoms with Crippen molar-refractivity contribution in [2.24, 2.45) is 10.3 Å². The van der Waals surface area contributed by atoms with E-state index in [4.69, 9.17) is 0 Å². The predicted octanol–water partition coefficient (Wildman–Crippen LogP) is 2.38. The van der Waals surface area contributed by atoms with Crippen molar-refractivity contribution < 1.29 is 18.0 Å². The second-order valence-corrected chi connectivity index (χ2v) is 10.1. The van der Waals surface area contributed by atoms with Gasteiger partial charge in [-0.15, -0.1) is 4.40 Å². The number of carbonyl (C=O) groups is 2. The summed E-state index contributed by atoms with van der Waals surface area (Å²) in [5, 5.41) is 5.86. The van der Waals surface area contributed by atoms with E-state index in [-0.39, 0.29) is 28.7 Å². The number of piperidine rings is 1. The van der Waals surface area contributed by atoms with Crippen molar-refractivity contribution in [3.8, 4) is 0 Å². The molecule has 2 fully saturated rings. The Kier molecular flexibility index (Phi) is 5.21. The van der Waals surface area contributed by atoms with Crippen LogP contribution in [0.5, 0.6) is 0 Å². The Morgan fingerprint density at radius 1 is 1.03 bits per heavy atom. The predicted molar refractivity (Wildman–Crippen MR) is 120 cm³/mol. The summed E-state index contributed by atoms with van der Waals surface area (Å²) in [6, 6.07) is 14.0. The number of hydrogen-bond acceptors (Lipinski definition) is 5. The van der Waals surface area contributed by atoms with Crippen molar-refractivity contribution in [2.45, 2.75) is 36.6 Å². The van der Waals surface area contributed by atoms with Crippen molar-refractivity contribution in [1.29, 1.82) is 0 Å². The highest BCUT2D eigenvalue weighted by Crippen LogP contribution is 2.30. The lowest BCUT2D eigenvalue weighted by atomic mass is 9.96. The van der Waals surface area contributed by atoms with Crippen molar-refractivity contribution >= 4 is 33.4 Å². The summed E-state index contributed by atoms with van der Waals surface area (Å²) in [7, 11) is -3.70. The summed E-state index contributed by atoms with van der Waals surface area (Å²) in [6.07, 6.45) is 3.48. The summed E-state index contributed by atoms with van der Waals surface area (Å²) in [5.74, 6) is -0.182. The number of carbonyl (C=O) groups excluding carboxylic acids is 2. The van der Waals surface area contributed by atoms with E-state index in [0.29, 0.717) is 42.2 Å². The molecule has 2 N–H and O–H groups in total. The number of benzene rings is 2. The Morgan fingerprint density at radius 2 is 1.84 bits per heavy atom. The zero-order valence-corrected chi connectivity index (χ0v) is 18.3. The summed E-state index contributed by atoms with van der Waals surface area (Å²) < 4.78 is 28.8. The molecule has 0 radical (unpaired) electrons. The zero-order chi connectivity index (χ0) is 22.3. The van der Waals surface area contributed by atoms with Gasteiger partial charge in [0, 0.05) is 35.9 Å². The zero-order valence-electron chi connectivity index (χ0n) is 17.5. The van der Waals surface area contributed by atoms with Crippen LogP contribution in [0, 0.1) is 5.92 Å². The molecular formula is C23H24N4O4S. The Labute approximate surface area is 186 Å². The number of fused-ring (bicyclic) bond motifs is 1. The largest absolute Gasteiger partial charge is 0.355 e. The molecule has 2 aliphatic heterocycles. The summed E-state index contributed by atoms with van der Waals surface area (Å²) >= 11 is 0. The van der Waals surface area contributed by atoms with Crippen LogP contribution < -0.4 is 10.6 Å². The molecule has 1 unspecified atom stereocenters. The molecule has 2 heterocycles. The first-order valence-electron chi connectivity index (χ1n) is 10.8. The molecule has 1 saturated heterocycles. The molecule has 32 heavy (non-hydrogen) atoms. The fraction of sp³-hybridized carbons (Fsp3) is 0.348.